The van der Waals surface area contributed by atoms with E-state index in [1.807, 2.05) is 0 Å². The first-order chi connectivity index (χ1) is 4.65. The van der Waals surface area contributed by atoms with Gasteiger partial charge in [-0.1, -0.05) is 0 Å². The lowest BCUT2D eigenvalue weighted by atomic mass is 10.00. The average molecular weight is 162 g/mol. The Morgan fingerprint density at radius 1 is 1.50 bits per heavy atom. The molecule has 3 nitrogen and oxygen atoms in total. The van der Waals surface area contributed by atoms with Crippen LogP contribution in [0, 0.1) is 0 Å². The summed E-state index contributed by atoms with van der Waals surface area (Å²) in [7, 11) is 0. The summed E-state index contributed by atoms with van der Waals surface area (Å²) < 4.78 is 20.8. The molecular formula is C6H12NO2S-. The van der Waals surface area contributed by atoms with Crippen molar-refractivity contribution in [1.29, 1.82) is 0 Å². The number of rotatable bonds is 1. The van der Waals surface area contributed by atoms with Gasteiger partial charge in [0, 0.05) is 4.75 Å². The van der Waals surface area contributed by atoms with E-state index in [-0.39, 0.29) is 0 Å². The number of hydrogen-bond donors (Lipinski definition) is 1. The third-order valence-corrected chi connectivity index (χ3v) is 3.28. The van der Waals surface area contributed by atoms with E-state index in [4.69, 9.17) is 0 Å². The Bertz CT molecular complexity index is 143. The van der Waals surface area contributed by atoms with Gasteiger partial charge in [-0.15, -0.1) is 0 Å². The van der Waals surface area contributed by atoms with Gasteiger partial charge in [-0.25, -0.2) is 0 Å². The van der Waals surface area contributed by atoms with Crippen molar-refractivity contribution in [3.8, 4) is 0 Å². The molecule has 1 saturated heterocycles. The molecule has 1 heterocycles. The van der Waals surface area contributed by atoms with Crippen LogP contribution in [0.15, 0.2) is 0 Å². The lowest BCUT2D eigenvalue weighted by Gasteiger charge is -2.35. The Morgan fingerprint density at radius 3 is 2.30 bits per heavy atom. The van der Waals surface area contributed by atoms with Crippen LogP contribution >= 0.6 is 0 Å². The molecule has 0 spiro atoms. The lowest BCUT2D eigenvalue weighted by Crippen LogP contribution is -2.42. The largest absolute Gasteiger partial charge is 0.772 e. The highest BCUT2D eigenvalue weighted by molar-refractivity contribution is 7.80. The predicted octanol–water partition coefficient (Wildman–Crippen LogP) is 0.00760. The molecular weight excluding hydrogens is 150 g/mol. The van der Waals surface area contributed by atoms with Crippen LogP contribution in [0.25, 0.3) is 0 Å². The Morgan fingerprint density at radius 2 is 2.00 bits per heavy atom. The molecule has 1 atom stereocenters. The first kappa shape index (κ1) is 8.17. The number of hydrogen-bond acceptors (Lipinski definition) is 3. The van der Waals surface area contributed by atoms with Crippen molar-refractivity contribution in [2.45, 2.75) is 24.5 Å². The third-order valence-electron chi connectivity index (χ3n) is 2.06. The van der Waals surface area contributed by atoms with Crippen molar-refractivity contribution in [2.75, 3.05) is 13.1 Å². The van der Waals surface area contributed by atoms with Crippen LogP contribution in [0.4, 0.5) is 0 Å². The molecule has 1 fully saturated rings. The van der Waals surface area contributed by atoms with E-state index in [1.165, 1.54) is 0 Å². The van der Waals surface area contributed by atoms with Crippen molar-refractivity contribution in [3.63, 3.8) is 0 Å². The van der Waals surface area contributed by atoms with Gasteiger partial charge in [-0.05, 0) is 43.9 Å². The van der Waals surface area contributed by atoms with Gasteiger partial charge in [0.15, 0.2) is 0 Å². The molecule has 1 aliphatic heterocycles. The predicted molar refractivity (Wildman–Crippen MR) is 39.4 cm³/mol. The van der Waals surface area contributed by atoms with Gasteiger partial charge in [0.05, 0.1) is 0 Å². The number of piperidine rings is 1. The van der Waals surface area contributed by atoms with Crippen molar-refractivity contribution in [1.82, 2.24) is 5.32 Å². The zero-order valence-corrected chi connectivity index (χ0v) is 6.87. The summed E-state index contributed by atoms with van der Waals surface area (Å²) in [5.41, 5.74) is 0. The van der Waals surface area contributed by atoms with Gasteiger partial charge in [-0.3, -0.25) is 4.21 Å². The molecule has 0 aliphatic carbocycles. The maximum Gasteiger partial charge on any atom is 0.0323 e. The second-order valence-corrected chi connectivity index (χ2v) is 4.39. The summed E-state index contributed by atoms with van der Waals surface area (Å²) in [4.78, 5) is 0. The van der Waals surface area contributed by atoms with Gasteiger partial charge in [-0.2, -0.15) is 0 Å². The first-order valence-electron chi connectivity index (χ1n) is 3.45. The quantitative estimate of drug-likeness (QED) is 0.552. The van der Waals surface area contributed by atoms with Crippen molar-refractivity contribution < 1.29 is 8.76 Å². The normalized spacial score (nSPS) is 27.8. The summed E-state index contributed by atoms with van der Waals surface area (Å²) >= 11 is -1.91. The topological polar surface area (TPSA) is 52.2 Å². The van der Waals surface area contributed by atoms with E-state index < -0.39 is 15.8 Å². The van der Waals surface area contributed by atoms with Gasteiger partial charge in [0.25, 0.3) is 0 Å². The molecule has 0 bridgehead atoms. The molecule has 4 heteroatoms. The second-order valence-electron chi connectivity index (χ2n) is 2.93. The van der Waals surface area contributed by atoms with Crippen LogP contribution in [-0.2, 0) is 11.1 Å². The minimum atomic E-state index is -1.91. The second kappa shape index (κ2) is 2.98. The van der Waals surface area contributed by atoms with E-state index in [2.05, 4.69) is 5.32 Å². The Balaban J connectivity index is 2.56. The molecule has 0 amide bonds. The summed E-state index contributed by atoms with van der Waals surface area (Å²) in [6.07, 6.45) is 1.48. The van der Waals surface area contributed by atoms with Crippen LogP contribution in [0.5, 0.6) is 0 Å². The summed E-state index contributed by atoms with van der Waals surface area (Å²) in [5.74, 6) is 0. The lowest BCUT2D eigenvalue weighted by molar-refractivity contribution is 0.394. The van der Waals surface area contributed by atoms with Gasteiger partial charge in [0.1, 0.15) is 0 Å². The highest BCUT2D eigenvalue weighted by atomic mass is 32.2. The van der Waals surface area contributed by atoms with Gasteiger partial charge >= 0.3 is 0 Å². The molecule has 1 rings (SSSR count). The Hall–Kier alpha value is 0.0700. The van der Waals surface area contributed by atoms with Crippen molar-refractivity contribution >= 4 is 11.1 Å². The first-order valence-corrected chi connectivity index (χ1v) is 4.53. The van der Waals surface area contributed by atoms with Crippen LogP contribution in [0.3, 0.4) is 0 Å². The molecule has 0 aromatic rings. The third kappa shape index (κ3) is 1.56. The zero-order chi connectivity index (χ0) is 7.61. The van der Waals surface area contributed by atoms with Crippen LogP contribution in [0.2, 0.25) is 0 Å². The zero-order valence-electron chi connectivity index (χ0n) is 6.05. The monoisotopic (exact) mass is 162 g/mol. The minimum Gasteiger partial charge on any atom is -0.772 e. The molecule has 0 saturated carbocycles. The van der Waals surface area contributed by atoms with Gasteiger partial charge < -0.3 is 9.87 Å². The van der Waals surface area contributed by atoms with Crippen molar-refractivity contribution in [3.05, 3.63) is 0 Å². The minimum absolute atomic E-state index is 0.467. The van der Waals surface area contributed by atoms with Gasteiger partial charge in [0.2, 0.25) is 0 Å². The Kier molecular flexibility index (Phi) is 2.44. The maximum absolute atomic E-state index is 10.6. The van der Waals surface area contributed by atoms with E-state index in [0.717, 1.165) is 25.9 Å². The molecule has 0 aromatic carbocycles. The SMILES string of the molecule is CC1(S(=O)[O-])CCNCC1. The standard InChI is InChI=1S/C6H13NO2S/c1-6(10(8)9)2-4-7-5-3-6/h7H,2-5H2,1H3,(H,8,9)/p-1. The van der Waals surface area contributed by atoms with Crippen LogP contribution in [0.1, 0.15) is 19.8 Å². The molecule has 10 heavy (non-hydrogen) atoms. The highest BCUT2D eigenvalue weighted by Crippen LogP contribution is 2.22. The molecule has 1 unspecified atom stereocenters. The summed E-state index contributed by atoms with van der Waals surface area (Å²) in [5, 5.41) is 3.12. The highest BCUT2D eigenvalue weighted by Gasteiger charge is 2.27. The molecule has 60 valence electrons. The van der Waals surface area contributed by atoms with E-state index in [0.29, 0.717) is 0 Å². The molecule has 1 N–H and O–H groups in total. The van der Waals surface area contributed by atoms with Crippen LogP contribution in [-0.4, -0.2) is 26.6 Å². The van der Waals surface area contributed by atoms with E-state index in [9.17, 15) is 8.76 Å². The molecule has 0 aromatic heterocycles. The van der Waals surface area contributed by atoms with Crippen LogP contribution < -0.4 is 5.32 Å². The fourth-order valence-electron chi connectivity index (χ4n) is 1.12. The summed E-state index contributed by atoms with van der Waals surface area (Å²) in [6, 6.07) is 0. The summed E-state index contributed by atoms with van der Waals surface area (Å²) in [6.45, 7) is 3.45. The average Bonchev–Trinajstić information content (AvgIpc) is 1.89. The smallest absolute Gasteiger partial charge is 0.0323 e. The fourth-order valence-corrected chi connectivity index (χ4v) is 1.66. The molecule has 1 aliphatic rings. The van der Waals surface area contributed by atoms with Crippen molar-refractivity contribution in [2.24, 2.45) is 0 Å². The fraction of sp³-hybridized carbons (Fsp3) is 1.00. The number of nitrogens with one attached hydrogen (secondary N) is 1. The molecule has 0 radical (unpaired) electrons. The van der Waals surface area contributed by atoms with E-state index >= 15 is 0 Å². The van der Waals surface area contributed by atoms with E-state index in [1.54, 1.807) is 6.92 Å². The Labute approximate surface area is 63.5 Å². The maximum atomic E-state index is 10.6.